The average Bonchev–Trinajstić information content (AvgIpc) is 3.17. The lowest BCUT2D eigenvalue weighted by Crippen LogP contribution is -2.24. The fraction of sp³-hybridized carbons (Fsp3) is 0.412. The smallest absolute Gasteiger partial charge is 0.248 e. The summed E-state index contributed by atoms with van der Waals surface area (Å²) in [6.07, 6.45) is 0.804. The van der Waals surface area contributed by atoms with E-state index in [-0.39, 0.29) is 6.10 Å². The zero-order valence-electron chi connectivity index (χ0n) is 13.1. The average molecular weight is 331 g/mol. The zero-order valence-corrected chi connectivity index (χ0v) is 13.9. The first-order valence-electron chi connectivity index (χ1n) is 7.78. The van der Waals surface area contributed by atoms with Gasteiger partial charge in [0, 0.05) is 29.6 Å². The number of thiazole rings is 1. The number of carbonyl (C=O) groups is 1. The molecule has 0 spiro atoms. The predicted molar refractivity (Wildman–Crippen MR) is 91.1 cm³/mol. The van der Waals surface area contributed by atoms with Gasteiger partial charge in [-0.15, -0.1) is 11.3 Å². The van der Waals surface area contributed by atoms with E-state index in [0.29, 0.717) is 11.5 Å². The van der Waals surface area contributed by atoms with Crippen molar-refractivity contribution in [3.63, 3.8) is 0 Å². The van der Waals surface area contributed by atoms with Gasteiger partial charge in [-0.25, -0.2) is 4.98 Å². The second kappa shape index (κ2) is 6.78. The van der Waals surface area contributed by atoms with Gasteiger partial charge in [0.15, 0.2) is 0 Å². The highest BCUT2D eigenvalue weighted by atomic mass is 32.1. The van der Waals surface area contributed by atoms with Gasteiger partial charge in [0.2, 0.25) is 5.91 Å². The predicted octanol–water partition coefficient (Wildman–Crippen LogP) is 2.11. The van der Waals surface area contributed by atoms with Crippen LogP contribution in [-0.4, -0.2) is 40.1 Å². The molecule has 2 unspecified atom stereocenters. The molecule has 1 aromatic carbocycles. The Hall–Kier alpha value is -1.76. The topological polar surface area (TPSA) is 79.5 Å². The standard InChI is InChI=1S/C17H21N3O2S/c1-11(21)14-6-7-20(8-14)9-15-10-23-17(19-15)13-4-2-12(3-5-13)16(18)22/h2-5,10-11,14,21H,6-9H2,1H3,(H2,18,22). The van der Waals surface area contributed by atoms with Crippen LogP contribution in [0.2, 0.25) is 0 Å². The maximum atomic E-state index is 11.1. The van der Waals surface area contributed by atoms with Crippen molar-refractivity contribution < 1.29 is 9.90 Å². The number of nitrogens with zero attached hydrogens (tertiary/aromatic N) is 2. The molecule has 23 heavy (non-hydrogen) atoms. The minimum absolute atomic E-state index is 0.241. The van der Waals surface area contributed by atoms with Gasteiger partial charge in [-0.2, -0.15) is 0 Å². The summed E-state index contributed by atoms with van der Waals surface area (Å²) in [4.78, 5) is 18.1. The van der Waals surface area contributed by atoms with E-state index < -0.39 is 5.91 Å². The molecule has 0 bridgehead atoms. The Morgan fingerprint density at radius 2 is 2.22 bits per heavy atom. The zero-order chi connectivity index (χ0) is 16.4. The fourth-order valence-electron chi connectivity index (χ4n) is 2.92. The third kappa shape index (κ3) is 3.77. The molecule has 1 aliphatic rings. The monoisotopic (exact) mass is 331 g/mol. The number of likely N-dealkylation sites (tertiary alicyclic amines) is 1. The number of benzene rings is 1. The van der Waals surface area contributed by atoms with Crippen LogP contribution in [0, 0.1) is 5.92 Å². The van der Waals surface area contributed by atoms with Crippen LogP contribution in [0.25, 0.3) is 10.6 Å². The van der Waals surface area contributed by atoms with Gasteiger partial charge in [0.05, 0.1) is 11.8 Å². The maximum Gasteiger partial charge on any atom is 0.248 e. The van der Waals surface area contributed by atoms with E-state index in [0.717, 1.165) is 42.3 Å². The van der Waals surface area contributed by atoms with E-state index in [2.05, 4.69) is 15.3 Å². The molecule has 0 aliphatic carbocycles. The third-order valence-electron chi connectivity index (χ3n) is 4.34. The quantitative estimate of drug-likeness (QED) is 0.879. The van der Waals surface area contributed by atoms with E-state index in [4.69, 9.17) is 5.73 Å². The molecule has 1 aromatic heterocycles. The van der Waals surface area contributed by atoms with E-state index in [1.54, 1.807) is 23.5 Å². The van der Waals surface area contributed by atoms with E-state index in [9.17, 15) is 9.90 Å². The molecule has 2 heterocycles. The molecule has 3 N–H and O–H groups in total. The van der Waals surface area contributed by atoms with Crippen LogP contribution >= 0.6 is 11.3 Å². The van der Waals surface area contributed by atoms with Crippen molar-refractivity contribution in [2.45, 2.75) is 26.0 Å². The minimum atomic E-state index is -0.418. The first-order valence-corrected chi connectivity index (χ1v) is 8.66. The van der Waals surface area contributed by atoms with Gasteiger partial charge in [0.25, 0.3) is 0 Å². The first kappa shape index (κ1) is 16.1. The lowest BCUT2D eigenvalue weighted by atomic mass is 10.0. The van der Waals surface area contributed by atoms with Crippen LogP contribution in [-0.2, 0) is 6.54 Å². The summed E-state index contributed by atoms with van der Waals surface area (Å²) in [6.45, 7) is 4.62. The summed E-state index contributed by atoms with van der Waals surface area (Å²) in [5.74, 6) is -0.0486. The van der Waals surface area contributed by atoms with Crippen LogP contribution in [0.1, 0.15) is 29.4 Å². The van der Waals surface area contributed by atoms with Crippen molar-refractivity contribution in [1.29, 1.82) is 0 Å². The van der Waals surface area contributed by atoms with Gasteiger partial charge in [-0.3, -0.25) is 9.69 Å². The normalized spacial score (nSPS) is 19.8. The van der Waals surface area contributed by atoms with Crippen molar-refractivity contribution in [3.05, 3.63) is 40.9 Å². The number of carbonyl (C=O) groups excluding carboxylic acids is 1. The molecular formula is C17H21N3O2S. The number of nitrogens with two attached hydrogens (primary N) is 1. The van der Waals surface area contributed by atoms with Gasteiger partial charge < -0.3 is 10.8 Å². The summed E-state index contributed by atoms with van der Waals surface area (Å²) in [5, 5.41) is 12.7. The number of hydrogen-bond acceptors (Lipinski definition) is 5. The van der Waals surface area contributed by atoms with E-state index in [1.165, 1.54) is 0 Å². The summed E-state index contributed by atoms with van der Waals surface area (Å²) < 4.78 is 0. The Labute approximate surface area is 139 Å². The molecule has 1 amide bonds. The molecule has 6 heteroatoms. The molecule has 2 aromatic rings. The number of aliphatic hydroxyl groups is 1. The second-order valence-electron chi connectivity index (χ2n) is 6.11. The van der Waals surface area contributed by atoms with Gasteiger partial charge in [-0.05, 0) is 37.9 Å². The molecule has 0 radical (unpaired) electrons. The Morgan fingerprint density at radius 3 is 2.83 bits per heavy atom. The Balaban J connectivity index is 1.65. The molecule has 1 saturated heterocycles. The Bertz CT molecular complexity index is 681. The van der Waals surface area contributed by atoms with Crippen LogP contribution in [0.5, 0.6) is 0 Å². The van der Waals surface area contributed by atoms with Crippen molar-refractivity contribution in [1.82, 2.24) is 9.88 Å². The summed E-state index contributed by atoms with van der Waals surface area (Å²) in [7, 11) is 0. The van der Waals surface area contributed by atoms with Crippen molar-refractivity contribution in [3.8, 4) is 10.6 Å². The lowest BCUT2D eigenvalue weighted by Gasteiger charge is -2.16. The largest absolute Gasteiger partial charge is 0.393 e. The molecule has 2 atom stereocenters. The summed E-state index contributed by atoms with van der Waals surface area (Å²) in [6, 6.07) is 7.21. The van der Waals surface area contributed by atoms with Gasteiger partial charge in [0.1, 0.15) is 5.01 Å². The number of rotatable bonds is 5. The molecule has 0 saturated carbocycles. The van der Waals surface area contributed by atoms with Crippen molar-refractivity contribution in [2.75, 3.05) is 13.1 Å². The van der Waals surface area contributed by atoms with Crippen LogP contribution in [0.3, 0.4) is 0 Å². The highest BCUT2D eigenvalue weighted by Gasteiger charge is 2.26. The number of aromatic nitrogens is 1. The number of aliphatic hydroxyl groups excluding tert-OH is 1. The highest BCUT2D eigenvalue weighted by Crippen LogP contribution is 2.26. The lowest BCUT2D eigenvalue weighted by molar-refractivity contribution is 0.1000. The highest BCUT2D eigenvalue weighted by molar-refractivity contribution is 7.13. The molecule has 5 nitrogen and oxygen atoms in total. The fourth-order valence-corrected chi connectivity index (χ4v) is 3.74. The number of amides is 1. The Kier molecular flexibility index (Phi) is 4.75. The van der Waals surface area contributed by atoms with Gasteiger partial charge >= 0.3 is 0 Å². The number of primary amides is 1. The molecular weight excluding hydrogens is 310 g/mol. The second-order valence-corrected chi connectivity index (χ2v) is 6.97. The van der Waals surface area contributed by atoms with Crippen LogP contribution in [0.15, 0.2) is 29.6 Å². The van der Waals surface area contributed by atoms with Crippen molar-refractivity contribution in [2.24, 2.45) is 11.7 Å². The molecule has 122 valence electrons. The van der Waals surface area contributed by atoms with Gasteiger partial charge in [-0.1, -0.05) is 12.1 Å². The summed E-state index contributed by atoms with van der Waals surface area (Å²) in [5.41, 5.74) is 7.81. The van der Waals surface area contributed by atoms with Crippen molar-refractivity contribution >= 4 is 17.2 Å². The Morgan fingerprint density at radius 1 is 1.48 bits per heavy atom. The van der Waals surface area contributed by atoms with E-state index >= 15 is 0 Å². The van der Waals surface area contributed by atoms with E-state index in [1.807, 2.05) is 19.1 Å². The maximum absolute atomic E-state index is 11.1. The number of hydrogen-bond donors (Lipinski definition) is 2. The summed E-state index contributed by atoms with van der Waals surface area (Å²) >= 11 is 1.60. The van der Waals surface area contributed by atoms with Crippen LogP contribution < -0.4 is 5.73 Å². The SMILES string of the molecule is CC(O)C1CCN(Cc2csc(-c3ccc(C(N)=O)cc3)n2)C1. The van der Waals surface area contributed by atoms with Crippen LogP contribution in [0.4, 0.5) is 0 Å². The molecule has 1 aliphatic heterocycles. The first-order chi connectivity index (χ1) is 11.0. The molecule has 1 fully saturated rings. The molecule has 3 rings (SSSR count). The minimum Gasteiger partial charge on any atom is -0.393 e. The third-order valence-corrected chi connectivity index (χ3v) is 5.28.